The first-order valence-electron chi connectivity index (χ1n) is 8.92. The van der Waals surface area contributed by atoms with Gasteiger partial charge in [-0.3, -0.25) is 14.6 Å². The summed E-state index contributed by atoms with van der Waals surface area (Å²) in [6.07, 6.45) is 1.11. The highest BCUT2D eigenvalue weighted by Crippen LogP contribution is 2.43. The Morgan fingerprint density at radius 2 is 1.79 bits per heavy atom. The number of carbonyl (C=O) groups excluding carboxylic acids is 2. The number of halogens is 2. The number of aliphatic hydroxyl groups is 1. The monoisotopic (exact) mass is 426 g/mol. The summed E-state index contributed by atoms with van der Waals surface area (Å²) >= 11 is 12.1. The minimum atomic E-state index is -1.96. The van der Waals surface area contributed by atoms with Gasteiger partial charge in [-0.1, -0.05) is 53.5 Å². The van der Waals surface area contributed by atoms with E-state index in [4.69, 9.17) is 23.2 Å². The van der Waals surface area contributed by atoms with Gasteiger partial charge < -0.3 is 10.0 Å². The van der Waals surface area contributed by atoms with Crippen LogP contribution in [0.5, 0.6) is 0 Å². The molecule has 0 fully saturated rings. The Hall–Kier alpha value is -2.73. The summed E-state index contributed by atoms with van der Waals surface area (Å²) in [4.78, 5) is 31.4. The Labute approximate surface area is 177 Å². The molecule has 29 heavy (non-hydrogen) atoms. The van der Waals surface area contributed by atoms with Crippen LogP contribution in [0.3, 0.4) is 0 Å². The van der Waals surface area contributed by atoms with Gasteiger partial charge in [-0.2, -0.15) is 0 Å². The summed E-state index contributed by atoms with van der Waals surface area (Å²) in [7, 11) is 0. The zero-order valence-electron chi connectivity index (χ0n) is 15.2. The van der Waals surface area contributed by atoms with E-state index >= 15 is 0 Å². The molecule has 0 unspecified atom stereocenters. The molecule has 1 aliphatic rings. The molecule has 4 rings (SSSR count). The normalized spacial score (nSPS) is 18.0. The molecule has 0 saturated heterocycles. The number of nitrogens with zero attached hydrogens (tertiary/aromatic N) is 2. The molecule has 1 aliphatic heterocycles. The van der Waals surface area contributed by atoms with Crippen molar-refractivity contribution in [3.8, 4) is 0 Å². The highest BCUT2D eigenvalue weighted by molar-refractivity contribution is 6.42. The first-order valence-corrected chi connectivity index (χ1v) is 9.68. The Morgan fingerprint density at radius 3 is 2.52 bits per heavy atom. The highest BCUT2D eigenvalue weighted by atomic mass is 35.5. The van der Waals surface area contributed by atoms with Crippen molar-refractivity contribution in [1.82, 2.24) is 4.98 Å². The number of benzene rings is 2. The molecule has 3 aromatic rings. The zero-order chi connectivity index (χ0) is 20.6. The number of rotatable bonds is 5. The van der Waals surface area contributed by atoms with Gasteiger partial charge in [0, 0.05) is 11.8 Å². The number of ketones is 1. The summed E-state index contributed by atoms with van der Waals surface area (Å²) < 4.78 is 0. The van der Waals surface area contributed by atoms with Crippen molar-refractivity contribution in [2.75, 3.05) is 4.90 Å². The number of anilines is 1. The lowest BCUT2D eigenvalue weighted by molar-refractivity contribution is -0.136. The van der Waals surface area contributed by atoms with Gasteiger partial charge in [-0.05, 0) is 35.9 Å². The fraction of sp³-hybridized carbons (Fsp3) is 0.136. The van der Waals surface area contributed by atoms with Gasteiger partial charge >= 0.3 is 0 Å². The molecule has 2 aromatic carbocycles. The van der Waals surface area contributed by atoms with Crippen LogP contribution >= 0.6 is 23.2 Å². The van der Waals surface area contributed by atoms with E-state index in [9.17, 15) is 14.7 Å². The van der Waals surface area contributed by atoms with Crippen LogP contribution in [0, 0.1) is 0 Å². The lowest BCUT2D eigenvalue weighted by Gasteiger charge is -2.23. The highest BCUT2D eigenvalue weighted by Gasteiger charge is 2.50. The van der Waals surface area contributed by atoms with Crippen molar-refractivity contribution in [1.29, 1.82) is 0 Å². The Kier molecular flexibility index (Phi) is 5.13. The van der Waals surface area contributed by atoms with E-state index in [1.165, 1.54) is 11.1 Å². The third-order valence-electron chi connectivity index (χ3n) is 4.93. The van der Waals surface area contributed by atoms with Crippen LogP contribution in [0.4, 0.5) is 5.69 Å². The van der Waals surface area contributed by atoms with Crippen LogP contribution in [0.2, 0.25) is 10.0 Å². The molecule has 0 spiro atoms. The maximum atomic E-state index is 13.3. The molecule has 0 saturated carbocycles. The third-order valence-corrected chi connectivity index (χ3v) is 5.67. The molecule has 1 atom stereocenters. The number of hydrogen-bond acceptors (Lipinski definition) is 4. The average Bonchev–Trinajstić information content (AvgIpc) is 2.93. The predicted molar refractivity (Wildman–Crippen MR) is 111 cm³/mol. The van der Waals surface area contributed by atoms with Crippen molar-refractivity contribution in [2.24, 2.45) is 0 Å². The van der Waals surface area contributed by atoms with Gasteiger partial charge in [0.15, 0.2) is 11.4 Å². The smallest absolute Gasteiger partial charge is 0.264 e. The number of amides is 1. The lowest BCUT2D eigenvalue weighted by Crippen LogP contribution is -2.41. The minimum absolute atomic E-state index is 0.187. The molecule has 0 bridgehead atoms. The maximum absolute atomic E-state index is 13.3. The number of para-hydroxylation sites is 1. The lowest BCUT2D eigenvalue weighted by atomic mass is 9.89. The van der Waals surface area contributed by atoms with E-state index in [1.54, 1.807) is 60.7 Å². The summed E-state index contributed by atoms with van der Waals surface area (Å²) in [5, 5.41) is 12.1. The maximum Gasteiger partial charge on any atom is 0.264 e. The summed E-state index contributed by atoms with van der Waals surface area (Å²) in [5.74, 6) is -0.971. The molecule has 2 heterocycles. The average molecular weight is 427 g/mol. The first kappa shape index (κ1) is 19.6. The summed E-state index contributed by atoms with van der Waals surface area (Å²) in [6.45, 7) is 0.187. The minimum Gasteiger partial charge on any atom is -0.375 e. The Morgan fingerprint density at radius 1 is 1.03 bits per heavy atom. The van der Waals surface area contributed by atoms with Gasteiger partial charge in [0.1, 0.15) is 5.69 Å². The van der Waals surface area contributed by atoms with Crippen LogP contribution < -0.4 is 4.90 Å². The van der Waals surface area contributed by atoms with E-state index in [1.807, 2.05) is 0 Å². The molecule has 0 aliphatic carbocycles. The second-order valence-corrected chi connectivity index (χ2v) is 7.65. The van der Waals surface area contributed by atoms with Gasteiger partial charge in [-0.25, -0.2) is 0 Å². The van der Waals surface area contributed by atoms with Gasteiger partial charge in [0.25, 0.3) is 5.91 Å². The van der Waals surface area contributed by atoms with Crippen molar-refractivity contribution in [2.45, 2.75) is 18.6 Å². The molecule has 7 heteroatoms. The molecule has 1 aromatic heterocycles. The molecule has 5 nitrogen and oxygen atoms in total. The number of fused-ring (bicyclic) bond motifs is 1. The second kappa shape index (κ2) is 7.59. The Balaban J connectivity index is 1.68. The molecule has 146 valence electrons. The third kappa shape index (κ3) is 3.53. The number of pyridine rings is 1. The van der Waals surface area contributed by atoms with Crippen LogP contribution in [-0.2, 0) is 16.9 Å². The molecular formula is C22H16Cl2N2O3. The SMILES string of the molecule is O=C(C[C@@]1(O)C(=O)N(Cc2ccc(Cl)c(Cl)c2)c2ccccc21)c1ccccn1. The molecule has 1 N–H and O–H groups in total. The van der Waals surface area contributed by atoms with Gasteiger partial charge in [0.2, 0.25) is 0 Å². The quantitative estimate of drug-likeness (QED) is 0.613. The van der Waals surface area contributed by atoms with Crippen LogP contribution in [0.1, 0.15) is 28.0 Å². The van der Waals surface area contributed by atoms with E-state index in [0.29, 0.717) is 21.3 Å². The number of Topliss-reactive ketones (excluding diaryl/α,β-unsaturated/α-hetero) is 1. The van der Waals surface area contributed by atoms with E-state index in [-0.39, 0.29) is 12.2 Å². The van der Waals surface area contributed by atoms with Crippen LogP contribution in [0.15, 0.2) is 66.9 Å². The standard InChI is InChI=1S/C22H16Cl2N2O3/c23-16-9-8-14(11-17(16)24)13-26-19-7-2-1-5-15(19)22(29,21(26)28)12-20(27)18-6-3-4-10-25-18/h1-11,29H,12-13H2/t22-/m0/s1. The Bertz CT molecular complexity index is 1100. The topological polar surface area (TPSA) is 70.5 Å². The number of hydrogen-bond donors (Lipinski definition) is 1. The summed E-state index contributed by atoms with van der Waals surface area (Å²) in [6, 6.07) is 16.9. The van der Waals surface area contributed by atoms with Crippen molar-refractivity contribution in [3.63, 3.8) is 0 Å². The van der Waals surface area contributed by atoms with E-state index < -0.39 is 23.7 Å². The van der Waals surface area contributed by atoms with E-state index in [0.717, 1.165) is 5.56 Å². The second-order valence-electron chi connectivity index (χ2n) is 6.83. The van der Waals surface area contributed by atoms with Crippen molar-refractivity contribution < 1.29 is 14.7 Å². The summed E-state index contributed by atoms with van der Waals surface area (Å²) in [5.41, 5.74) is -0.0484. The van der Waals surface area contributed by atoms with Gasteiger partial charge in [-0.15, -0.1) is 0 Å². The van der Waals surface area contributed by atoms with Gasteiger partial charge in [0.05, 0.1) is 28.7 Å². The molecular weight excluding hydrogens is 411 g/mol. The molecule has 0 radical (unpaired) electrons. The fourth-order valence-corrected chi connectivity index (χ4v) is 3.83. The predicted octanol–water partition coefficient (Wildman–Crippen LogP) is 4.40. The number of aromatic nitrogens is 1. The number of carbonyl (C=O) groups is 2. The van der Waals surface area contributed by atoms with Crippen molar-refractivity contribution >= 4 is 40.6 Å². The van der Waals surface area contributed by atoms with Crippen LogP contribution in [0.25, 0.3) is 0 Å². The fourth-order valence-electron chi connectivity index (χ4n) is 3.51. The van der Waals surface area contributed by atoms with E-state index in [2.05, 4.69) is 4.98 Å². The van der Waals surface area contributed by atoms with Crippen LogP contribution in [-0.4, -0.2) is 21.8 Å². The molecule has 1 amide bonds. The van der Waals surface area contributed by atoms with Crippen molar-refractivity contribution in [3.05, 3.63) is 93.7 Å². The largest absolute Gasteiger partial charge is 0.375 e. The zero-order valence-corrected chi connectivity index (χ0v) is 16.7. The first-order chi connectivity index (χ1) is 13.9.